The molecule has 0 amide bonds. The van der Waals surface area contributed by atoms with Gasteiger partial charge in [-0.25, -0.2) is 9.97 Å². The first-order valence-corrected chi connectivity index (χ1v) is 12.3. The number of hydrogen-bond acceptors (Lipinski definition) is 10. The fraction of sp³-hybridized carbons (Fsp3) is 0.667. The summed E-state index contributed by atoms with van der Waals surface area (Å²) in [5.74, 6) is -0.564. The number of aromatic nitrogens is 3. The first kappa shape index (κ1) is 24.0. The average molecular weight is 487 g/mol. The zero-order valence-corrected chi connectivity index (χ0v) is 20.6. The number of hydrogen-bond donors (Lipinski definition) is 1. The van der Waals surface area contributed by atoms with Crippen LogP contribution in [0.4, 0.5) is 5.82 Å². The summed E-state index contributed by atoms with van der Waals surface area (Å²) in [5, 5.41) is 0.676. The molecule has 0 radical (unpaired) electrons. The number of anilines is 1. The van der Waals surface area contributed by atoms with Gasteiger partial charge in [-0.2, -0.15) is 0 Å². The van der Waals surface area contributed by atoms with Gasteiger partial charge in [-0.1, -0.05) is 0 Å². The summed E-state index contributed by atoms with van der Waals surface area (Å²) in [6, 6.07) is 1.81. The zero-order valence-electron chi connectivity index (χ0n) is 20.6. The number of carbonyl (C=O) groups excluding carboxylic acids is 2. The maximum atomic E-state index is 12.1. The normalized spacial score (nSPS) is 29.1. The molecule has 3 saturated heterocycles. The number of nitrogens with two attached hydrogens (primary N) is 1. The van der Waals surface area contributed by atoms with Crippen molar-refractivity contribution >= 4 is 28.8 Å². The maximum absolute atomic E-state index is 12.1. The number of carbonyl (C=O) groups is 2. The van der Waals surface area contributed by atoms with Gasteiger partial charge < -0.3 is 29.4 Å². The molecule has 5 rings (SSSR count). The molecule has 2 aromatic rings. The van der Waals surface area contributed by atoms with E-state index in [1.165, 1.54) is 20.2 Å². The van der Waals surface area contributed by atoms with E-state index in [0.717, 1.165) is 45.3 Å². The van der Waals surface area contributed by atoms with Crippen molar-refractivity contribution in [3.05, 3.63) is 18.6 Å². The molecule has 35 heavy (non-hydrogen) atoms. The number of fused-ring (bicyclic) bond motifs is 1. The van der Waals surface area contributed by atoms with Crippen molar-refractivity contribution in [2.45, 2.75) is 69.6 Å². The van der Waals surface area contributed by atoms with Crippen molar-refractivity contribution < 1.29 is 23.8 Å². The highest BCUT2D eigenvalue weighted by molar-refractivity contribution is 5.86. The Labute approximate surface area is 204 Å². The lowest BCUT2D eigenvalue weighted by Gasteiger charge is -2.45. The summed E-state index contributed by atoms with van der Waals surface area (Å²) in [5.41, 5.74) is 6.73. The molecular weight excluding hydrogens is 452 g/mol. The largest absolute Gasteiger partial charge is 0.456 e. The van der Waals surface area contributed by atoms with E-state index in [1.807, 2.05) is 0 Å². The standard InChI is InChI=1S/C24H34N6O5/c1-15(31)33-19-18(13-29-9-4-6-24(29)7-11-28(3)12-8-24)35-23(20(19)34-16(2)32)30-10-5-17-21(25)26-14-27-22(17)30/h5,10,14,18-20,23H,4,6-9,11-13H2,1-3H3,(H2,25,26,27)/t18-,19-,20-,23-/m1/s1. The Kier molecular flexibility index (Phi) is 6.41. The van der Waals surface area contributed by atoms with Crippen molar-refractivity contribution in [2.75, 3.05) is 39.0 Å². The zero-order chi connectivity index (χ0) is 24.7. The number of piperidine rings is 1. The van der Waals surface area contributed by atoms with E-state index in [4.69, 9.17) is 19.9 Å². The summed E-state index contributed by atoms with van der Waals surface area (Å²) in [4.78, 5) is 37.5. The SMILES string of the molecule is CC(=O)O[C@@H]1[C@H](OC(C)=O)[C@@H](CN2CCCC23CCN(C)CC3)O[C@H]1n1ccc2c(N)ncnc21. The van der Waals surface area contributed by atoms with Crippen LogP contribution >= 0.6 is 0 Å². The van der Waals surface area contributed by atoms with Crippen LogP contribution in [0.2, 0.25) is 0 Å². The summed E-state index contributed by atoms with van der Waals surface area (Å²) in [7, 11) is 2.16. The first-order chi connectivity index (χ1) is 16.8. The Hall–Kier alpha value is -2.76. The van der Waals surface area contributed by atoms with Crippen molar-refractivity contribution in [1.29, 1.82) is 0 Å². The molecule has 11 nitrogen and oxygen atoms in total. The van der Waals surface area contributed by atoms with E-state index in [0.29, 0.717) is 23.4 Å². The topological polar surface area (TPSA) is 125 Å². The quantitative estimate of drug-likeness (QED) is 0.619. The maximum Gasteiger partial charge on any atom is 0.303 e. The third-order valence-electron chi connectivity index (χ3n) is 7.76. The van der Waals surface area contributed by atoms with E-state index in [-0.39, 0.29) is 5.54 Å². The predicted molar refractivity (Wildman–Crippen MR) is 127 cm³/mol. The molecule has 0 bridgehead atoms. The van der Waals surface area contributed by atoms with E-state index in [1.54, 1.807) is 16.8 Å². The van der Waals surface area contributed by atoms with Gasteiger partial charge in [-0.3, -0.25) is 14.5 Å². The molecule has 3 aliphatic rings. The van der Waals surface area contributed by atoms with E-state index < -0.39 is 36.5 Å². The Balaban J connectivity index is 1.47. The van der Waals surface area contributed by atoms with Gasteiger partial charge >= 0.3 is 11.9 Å². The van der Waals surface area contributed by atoms with E-state index >= 15 is 0 Å². The van der Waals surface area contributed by atoms with Crippen LogP contribution in [-0.4, -0.2) is 93.4 Å². The molecule has 3 fully saturated rings. The van der Waals surface area contributed by atoms with Crippen molar-refractivity contribution in [3.63, 3.8) is 0 Å². The molecule has 190 valence electrons. The van der Waals surface area contributed by atoms with Crippen LogP contribution in [0.5, 0.6) is 0 Å². The molecule has 0 aromatic carbocycles. The minimum Gasteiger partial charge on any atom is -0.456 e. The summed E-state index contributed by atoms with van der Waals surface area (Å²) in [6.07, 6.45) is 4.89. The fourth-order valence-corrected chi connectivity index (χ4v) is 6.02. The Bertz CT molecular complexity index is 1100. The van der Waals surface area contributed by atoms with Gasteiger partial charge in [0.2, 0.25) is 0 Å². The fourth-order valence-electron chi connectivity index (χ4n) is 6.02. The van der Waals surface area contributed by atoms with Gasteiger partial charge in [-0.05, 0) is 58.4 Å². The van der Waals surface area contributed by atoms with Crippen molar-refractivity contribution in [2.24, 2.45) is 0 Å². The van der Waals surface area contributed by atoms with Crippen molar-refractivity contribution in [1.82, 2.24) is 24.3 Å². The number of rotatable bonds is 5. The van der Waals surface area contributed by atoms with Crippen LogP contribution in [0.1, 0.15) is 45.8 Å². The molecule has 2 N–H and O–H groups in total. The monoisotopic (exact) mass is 486 g/mol. The minimum absolute atomic E-state index is 0.132. The minimum atomic E-state index is -0.829. The first-order valence-electron chi connectivity index (χ1n) is 12.3. The number of nitrogens with zero attached hydrogens (tertiary/aromatic N) is 5. The average Bonchev–Trinajstić information content (AvgIpc) is 3.49. The lowest BCUT2D eigenvalue weighted by atomic mass is 9.85. The van der Waals surface area contributed by atoms with Gasteiger partial charge in [0.05, 0.1) is 5.39 Å². The van der Waals surface area contributed by atoms with Gasteiger partial charge in [0.25, 0.3) is 0 Å². The molecule has 4 atom stereocenters. The van der Waals surface area contributed by atoms with Crippen LogP contribution in [0, 0.1) is 0 Å². The molecule has 3 aliphatic heterocycles. The smallest absolute Gasteiger partial charge is 0.303 e. The highest BCUT2D eigenvalue weighted by Crippen LogP contribution is 2.42. The predicted octanol–water partition coefficient (Wildman–Crippen LogP) is 1.33. The molecule has 0 aliphatic carbocycles. The van der Waals surface area contributed by atoms with Gasteiger partial charge in [0, 0.05) is 32.1 Å². The number of likely N-dealkylation sites (tertiary alicyclic amines) is 2. The molecule has 2 aromatic heterocycles. The molecule has 11 heteroatoms. The number of nitrogen functional groups attached to an aromatic ring is 1. The molecule has 0 saturated carbocycles. The highest BCUT2D eigenvalue weighted by atomic mass is 16.6. The lowest BCUT2D eigenvalue weighted by molar-refractivity contribution is -0.165. The summed E-state index contributed by atoms with van der Waals surface area (Å²) in [6.45, 7) is 6.39. The van der Waals surface area contributed by atoms with Crippen LogP contribution in [0.3, 0.4) is 0 Å². The molecular formula is C24H34N6O5. The van der Waals surface area contributed by atoms with Crippen LogP contribution in [0.15, 0.2) is 18.6 Å². The lowest BCUT2D eigenvalue weighted by Crippen LogP contribution is -2.54. The van der Waals surface area contributed by atoms with Crippen LogP contribution < -0.4 is 5.73 Å². The van der Waals surface area contributed by atoms with Crippen molar-refractivity contribution in [3.8, 4) is 0 Å². The number of ether oxygens (including phenoxy) is 3. The third-order valence-corrected chi connectivity index (χ3v) is 7.76. The van der Waals surface area contributed by atoms with E-state index in [9.17, 15) is 9.59 Å². The second kappa shape index (κ2) is 9.36. The third kappa shape index (κ3) is 4.48. The van der Waals surface area contributed by atoms with Crippen LogP contribution in [-0.2, 0) is 23.8 Å². The van der Waals surface area contributed by atoms with Gasteiger partial charge in [0.15, 0.2) is 18.4 Å². The van der Waals surface area contributed by atoms with E-state index in [2.05, 4.69) is 26.8 Å². The second-order valence-corrected chi connectivity index (χ2v) is 10.0. The van der Waals surface area contributed by atoms with Gasteiger partial charge in [-0.15, -0.1) is 0 Å². The summed E-state index contributed by atoms with van der Waals surface area (Å²) >= 11 is 0. The second-order valence-electron chi connectivity index (χ2n) is 10.0. The highest BCUT2D eigenvalue weighted by Gasteiger charge is 2.53. The Morgan fingerprint density at radius 1 is 1.11 bits per heavy atom. The Morgan fingerprint density at radius 3 is 2.54 bits per heavy atom. The Morgan fingerprint density at radius 2 is 1.83 bits per heavy atom. The van der Waals surface area contributed by atoms with Gasteiger partial charge in [0.1, 0.15) is 23.9 Å². The molecule has 1 spiro atoms. The molecule has 0 unspecified atom stereocenters. The summed E-state index contributed by atoms with van der Waals surface area (Å²) < 4.78 is 19.8. The molecule has 5 heterocycles. The van der Waals surface area contributed by atoms with Crippen LogP contribution in [0.25, 0.3) is 11.0 Å². The number of esters is 2.